The molecule has 0 radical (unpaired) electrons. The van der Waals surface area contributed by atoms with E-state index in [0.29, 0.717) is 12.5 Å². The van der Waals surface area contributed by atoms with Crippen molar-refractivity contribution in [3.63, 3.8) is 0 Å². The molecule has 4 heterocycles. The molecule has 7 nitrogen and oxygen atoms in total. The zero-order valence-corrected chi connectivity index (χ0v) is 19.3. The lowest BCUT2D eigenvalue weighted by atomic mass is 9.72. The van der Waals surface area contributed by atoms with E-state index in [-0.39, 0.29) is 31.1 Å². The highest BCUT2D eigenvalue weighted by molar-refractivity contribution is 5.84. The van der Waals surface area contributed by atoms with Crippen molar-refractivity contribution in [1.82, 2.24) is 9.88 Å². The quantitative estimate of drug-likeness (QED) is 0.235. The molecule has 3 aliphatic heterocycles. The molecule has 1 aromatic carbocycles. The van der Waals surface area contributed by atoms with E-state index < -0.39 is 0 Å². The molecule has 3 saturated heterocycles. The molecule has 3 aliphatic rings. The van der Waals surface area contributed by atoms with Crippen LogP contribution >= 0.6 is 0 Å². The number of fused-ring (bicyclic) bond motifs is 4. The minimum atomic E-state index is -0.282. The fraction of sp³-hybridized carbons (Fsp3) is 0.600. The summed E-state index contributed by atoms with van der Waals surface area (Å²) in [5, 5.41) is 1.00. The zero-order valence-electron chi connectivity index (χ0n) is 19.3. The number of nitrogens with zero attached hydrogens (tertiary/aromatic N) is 2. The molecule has 0 saturated carbocycles. The van der Waals surface area contributed by atoms with E-state index in [1.54, 1.807) is 14.0 Å². The van der Waals surface area contributed by atoms with E-state index in [1.165, 1.54) is 12.8 Å². The Labute approximate surface area is 189 Å². The molecule has 5 atom stereocenters. The molecule has 0 aliphatic carbocycles. The van der Waals surface area contributed by atoms with Crippen LogP contribution in [-0.4, -0.2) is 55.3 Å². The van der Waals surface area contributed by atoms with Gasteiger partial charge in [-0.15, -0.1) is 0 Å². The molecule has 2 bridgehead atoms. The van der Waals surface area contributed by atoms with E-state index in [4.69, 9.17) is 19.2 Å². The van der Waals surface area contributed by atoms with Crippen molar-refractivity contribution in [2.24, 2.45) is 11.8 Å². The number of benzene rings is 1. The second-order valence-electron chi connectivity index (χ2n) is 8.69. The molecule has 0 N–H and O–H groups in total. The molecular weight excluding hydrogens is 408 g/mol. The van der Waals surface area contributed by atoms with Crippen LogP contribution in [0.1, 0.15) is 51.2 Å². The lowest BCUT2D eigenvalue weighted by Crippen LogP contribution is -2.55. The van der Waals surface area contributed by atoms with Gasteiger partial charge in [-0.2, -0.15) is 0 Å². The highest BCUT2D eigenvalue weighted by Gasteiger charge is 2.44. The highest BCUT2D eigenvalue weighted by atomic mass is 17.2. The van der Waals surface area contributed by atoms with Crippen molar-refractivity contribution in [1.29, 1.82) is 0 Å². The third-order valence-corrected chi connectivity index (χ3v) is 6.97. The number of hydrogen-bond donors (Lipinski definition) is 0. The first-order chi connectivity index (χ1) is 15.6. The minimum absolute atomic E-state index is 0.162. The fourth-order valence-electron chi connectivity index (χ4n) is 5.28. The molecule has 1 unspecified atom stereocenters. The summed E-state index contributed by atoms with van der Waals surface area (Å²) in [6, 6.07) is 8.13. The van der Waals surface area contributed by atoms with Gasteiger partial charge in [-0.05, 0) is 68.0 Å². The second kappa shape index (κ2) is 10.6. The van der Waals surface area contributed by atoms with Crippen LogP contribution in [0.2, 0.25) is 0 Å². The average Bonchev–Trinajstić information content (AvgIpc) is 2.84. The molecule has 174 valence electrons. The van der Waals surface area contributed by atoms with Gasteiger partial charge in [0, 0.05) is 24.2 Å². The maximum atomic E-state index is 11.7. The lowest BCUT2D eigenvalue weighted by Gasteiger charge is -2.51. The maximum absolute atomic E-state index is 11.7. The van der Waals surface area contributed by atoms with E-state index in [0.717, 1.165) is 47.6 Å². The Hall–Kier alpha value is -2.22. The van der Waals surface area contributed by atoms with Crippen molar-refractivity contribution in [3.8, 4) is 5.75 Å². The zero-order chi connectivity index (χ0) is 22.5. The van der Waals surface area contributed by atoms with Gasteiger partial charge in [0.2, 0.25) is 0 Å². The van der Waals surface area contributed by atoms with E-state index >= 15 is 0 Å². The van der Waals surface area contributed by atoms with Gasteiger partial charge in [0.05, 0.1) is 32.3 Å². The summed E-state index contributed by atoms with van der Waals surface area (Å²) in [5.74, 6) is 1.96. The van der Waals surface area contributed by atoms with Gasteiger partial charge in [-0.25, -0.2) is 9.78 Å². The van der Waals surface area contributed by atoms with Crippen LogP contribution in [-0.2, 0) is 19.3 Å². The van der Waals surface area contributed by atoms with E-state index in [1.807, 2.05) is 30.5 Å². The number of carbonyl (C=O) groups is 1. The fourth-order valence-corrected chi connectivity index (χ4v) is 5.28. The summed E-state index contributed by atoms with van der Waals surface area (Å²) in [6.45, 7) is 6.79. The SMILES string of the molecule is CCOC(=O)CCOO[C@@H](c1ccnc2ccc(OC)cc12)[C@H]1C[C@@H]2CCN1C[C@@H]2CC. The molecule has 0 spiro atoms. The van der Waals surface area contributed by atoms with E-state index in [9.17, 15) is 4.79 Å². The average molecular weight is 443 g/mol. The third-order valence-electron chi connectivity index (χ3n) is 6.97. The number of aromatic nitrogens is 1. The van der Waals surface area contributed by atoms with Crippen LogP contribution < -0.4 is 4.74 Å². The lowest BCUT2D eigenvalue weighted by molar-refractivity contribution is -0.341. The van der Waals surface area contributed by atoms with Crippen molar-refractivity contribution < 1.29 is 24.0 Å². The summed E-state index contributed by atoms with van der Waals surface area (Å²) in [5.41, 5.74) is 1.93. The molecule has 5 rings (SSSR count). The van der Waals surface area contributed by atoms with Crippen molar-refractivity contribution >= 4 is 16.9 Å². The largest absolute Gasteiger partial charge is 0.497 e. The van der Waals surface area contributed by atoms with Gasteiger partial charge in [0.1, 0.15) is 11.9 Å². The summed E-state index contributed by atoms with van der Waals surface area (Å²) in [4.78, 5) is 30.5. The smallest absolute Gasteiger partial charge is 0.308 e. The minimum Gasteiger partial charge on any atom is -0.497 e. The molecule has 1 aromatic heterocycles. The normalized spacial score (nSPS) is 25.6. The first-order valence-electron chi connectivity index (χ1n) is 11.7. The van der Waals surface area contributed by atoms with Gasteiger partial charge in [-0.3, -0.25) is 14.7 Å². The summed E-state index contributed by atoms with van der Waals surface area (Å²) in [6.07, 6.45) is 5.25. The molecule has 2 aromatic rings. The summed E-state index contributed by atoms with van der Waals surface area (Å²) < 4.78 is 10.5. The van der Waals surface area contributed by atoms with Crippen molar-refractivity contribution in [2.45, 2.75) is 51.7 Å². The van der Waals surface area contributed by atoms with Crippen LogP contribution in [0.25, 0.3) is 10.9 Å². The molecular formula is C25H34N2O5. The number of carbonyl (C=O) groups excluding carboxylic acids is 1. The van der Waals surface area contributed by atoms with Gasteiger partial charge in [0.15, 0.2) is 0 Å². The van der Waals surface area contributed by atoms with Crippen LogP contribution in [0.15, 0.2) is 30.5 Å². The Balaban J connectivity index is 1.60. The monoisotopic (exact) mass is 442 g/mol. The molecule has 32 heavy (non-hydrogen) atoms. The highest BCUT2D eigenvalue weighted by Crippen LogP contribution is 2.44. The number of esters is 1. The first kappa shape index (κ1) is 23.0. The standard InChI is InChI=1S/C25H34N2O5/c1-4-17-16-27-12-9-18(17)14-23(27)25(32-31-13-10-24(28)30-5-2)20-8-11-26-22-7-6-19(29-3)15-21(20)22/h6-8,11,15,17-18,23,25H,4-5,9-10,12-14,16H2,1-3H3/t17-,18-,23+,25-/m0/s1. The Kier molecular flexibility index (Phi) is 7.60. The number of hydrogen-bond acceptors (Lipinski definition) is 7. The van der Waals surface area contributed by atoms with Gasteiger partial charge < -0.3 is 9.47 Å². The second-order valence-corrected chi connectivity index (χ2v) is 8.69. The van der Waals surface area contributed by atoms with Crippen LogP contribution in [0.5, 0.6) is 5.75 Å². The predicted molar refractivity (Wildman–Crippen MR) is 121 cm³/mol. The van der Waals surface area contributed by atoms with Crippen molar-refractivity contribution in [2.75, 3.05) is 33.4 Å². The van der Waals surface area contributed by atoms with Gasteiger partial charge in [-0.1, -0.05) is 13.3 Å². The van der Waals surface area contributed by atoms with Crippen LogP contribution in [0, 0.1) is 11.8 Å². The Morgan fingerprint density at radius 3 is 2.88 bits per heavy atom. The molecule has 7 heteroatoms. The van der Waals surface area contributed by atoms with Crippen molar-refractivity contribution in [3.05, 3.63) is 36.0 Å². The summed E-state index contributed by atoms with van der Waals surface area (Å²) >= 11 is 0. The topological polar surface area (TPSA) is 70.1 Å². The molecule has 0 amide bonds. The van der Waals surface area contributed by atoms with E-state index in [2.05, 4.69) is 16.8 Å². The van der Waals surface area contributed by atoms with Gasteiger partial charge >= 0.3 is 5.97 Å². The predicted octanol–water partition coefficient (Wildman–Crippen LogP) is 4.31. The third kappa shape index (κ3) is 4.90. The molecule has 3 fully saturated rings. The number of rotatable bonds is 10. The number of ether oxygens (including phenoxy) is 2. The van der Waals surface area contributed by atoms with Crippen LogP contribution in [0.3, 0.4) is 0 Å². The number of piperidine rings is 3. The summed E-state index contributed by atoms with van der Waals surface area (Å²) in [7, 11) is 1.67. The first-order valence-corrected chi connectivity index (χ1v) is 11.7. The van der Waals surface area contributed by atoms with Gasteiger partial charge in [0.25, 0.3) is 0 Å². The Morgan fingerprint density at radius 2 is 2.16 bits per heavy atom. The Morgan fingerprint density at radius 1 is 1.28 bits per heavy atom. The van der Waals surface area contributed by atoms with Crippen LogP contribution in [0.4, 0.5) is 0 Å². The Bertz CT molecular complexity index is 920. The maximum Gasteiger partial charge on any atom is 0.308 e. The number of pyridine rings is 1. The number of methoxy groups -OCH3 is 1.